The molecular weight excluding hydrogens is 256 g/mol. The molecule has 20 heavy (non-hydrogen) atoms. The summed E-state index contributed by atoms with van der Waals surface area (Å²) in [7, 11) is 3.22. The van der Waals surface area contributed by atoms with Gasteiger partial charge in [-0.05, 0) is 17.7 Å². The highest BCUT2D eigenvalue weighted by atomic mass is 16.5. The second kappa shape index (κ2) is 9.08. The van der Waals surface area contributed by atoms with E-state index in [1.165, 1.54) is 0 Å². The zero-order valence-electron chi connectivity index (χ0n) is 12.0. The Labute approximate surface area is 119 Å². The lowest BCUT2D eigenvalue weighted by Gasteiger charge is -2.22. The number of benzene rings is 1. The van der Waals surface area contributed by atoms with E-state index >= 15 is 0 Å². The molecule has 0 bridgehead atoms. The first-order chi connectivity index (χ1) is 9.71. The molecule has 108 valence electrons. The largest absolute Gasteiger partial charge is 0.383 e. The number of rotatable bonds is 8. The third-order valence-electron chi connectivity index (χ3n) is 2.92. The molecule has 0 aliphatic carbocycles. The molecule has 0 atom stereocenters. The van der Waals surface area contributed by atoms with Crippen LogP contribution in [0.1, 0.15) is 11.1 Å². The molecule has 0 spiro atoms. The lowest BCUT2D eigenvalue weighted by atomic mass is 10.1. The van der Waals surface area contributed by atoms with Gasteiger partial charge < -0.3 is 14.4 Å². The first-order valence-corrected chi connectivity index (χ1v) is 6.46. The molecule has 0 saturated carbocycles. The molecule has 1 rings (SSSR count). The van der Waals surface area contributed by atoms with Crippen LogP contribution in [0.5, 0.6) is 0 Å². The average Bonchev–Trinajstić information content (AvgIpc) is 2.48. The number of hydrogen-bond acceptors (Lipinski definition) is 4. The van der Waals surface area contributed by atoms with Crippen LogP contribution in [0, 0.1) is 11.3 Å². The van der Waals surface area contributed by atoms with E-state index in [0.29, 0.717) is 38.3 Å². The fourth-order valence-electron chi connectivity index (χ4n) is 1.75. The van der Waals surface area contributed by atoms with E-state index in [9.17, 15) is 4.79 Å². The summed E-state index contributed by atoms with van der Waals surface area (Å²) in [5.41, 5.74) is 1.49. The molecule has 0 aliphatic rings. The first kappa shape index (κ1) is 16.2. The molecule has 0 radical (unpaired) electrons. The summed E-state index contributed by atoms with van der Waals surface area (Å²) < 4.78 is 10.0. The SMILES string of the molecule is COCCN(CCOC)C(=O)Cc1ccc(C#N)cc1. The Hall–Kier alpha value is -1.90. The molecule has 0 aromatic heterocycles. The zero-order valence-corrected chi connectivity index (χ0v) is 12.0. The highest BCUT2D eigenvalue weighted by Gasteiger charge is 2.13. The Bertz CT molecular complexity index is 443. The predicted octanol–water partition coefficient (Wildman–Crippen LogP) is 1.22. The maximum absolute atomic E-state index is 12.2. The standard InChI is InChI=1S/C15H20N2O3/c1-19-9-7-17(8-10-20-2)15(18)11-13-3-5-14(12-16)6-4-13/h3-6H,7-11H2,1-2H3. The minimum absolute atomic E-state index is 0.0313. The van der Waals surface area contributed by atoms with E-state index in [0.717, 1.165) is 5.56 Å². The Kier molecular flexibility index (Phi) is 7.33. The van der Waals surface area contributed by atoms with Crippen molar-refractivity contribution in [2.24, 2.45) is 0 Å². The number of hydrogen-bond donors (Lipinski definition) is 0. The lowest BCUT2D eigenvalue weighted by molar-refractivity contribution is -0.131. The number of amides is 1. The van der Waals surface area contributed by atoms with Gasteiger partial charge in [0.05, 0.1) is 31.3 Å². The van der Waals surface area contributed by atoms with Crippen molar-refractivity contribution in [2.45, 2.75) is 6.42 Å². The average molecular weight is 276 g/mol. The quantitative estimate of drug-likeness (QED) is 0.716. The van der Waals surface area contributed by atoms with Gasteiger partial charge in [0.25, 0.3) is 0 Å². The number of methoxy groups -OCH3 is 2. The maximum Gasteiger partial charge on any atom is 0.227 e. The molecule has 0 aliphatic heterocycles. The summed E-state index contributed by atoms with van der Waals surface area (Å²) in [6, 6.07) is 9.11. The number of carbonyl (C=O) groups is 1. The van der Waals surface area contributed by atoms with Crippen LogP contribution in [0.3, 0.4) is 0 Å². The molecule has 0 fully saturated rings. The molecule has 1 aromatic carbocycles. The molecule has 1 amide bonds. The van der Waals surface area contributed by atoms with Gasteiger partial charge in [0.1, 0.15) is 0 Å². The van der Waals surface area contributed by atoms with Gasteiger partial charge in [-0.15, -0.1) is 0 Å². The molecule has 0 heterocycles. The van der Waals surface area contributed by atoms with Gasteiger partial charge in [-0.2, -0.15) is 5.26 Å². The van der Waals surface area contributed by atoms with Crippen molar-refractivity contribution in [3.8, 4) is 6.07 Å². The number of carbonyl (C=O) groups excluding carboxylic acids is 1. The van der Waals surface area contributed by atoms with E-state index < -0.39 is 0 Å². The van der Waals surface area contributed by atoms with Crippen molar-refractivity contribution in [3.63, 3.8) is 0 Å². The molecule has 0 N–H and O–H groups in total. The van der Waals surface area contributed by atoms with Crippen LogP contribution in [0.4, 0.5) is 0 Å². The first-order valence-electron chi connectivity index (χ1n) is 6.46. The van der Waals surface area contributed by atoms with Gasteiger partial charge in [-0.25, -0.2) is 0 Å². The third kappa shape index (κ3) is 5.39. The fourth-order valence-corrected chi connectivity index (χ4v) is 1.75. The summed E-state index contributed by atoms with van der Waals surface area (Å²) in [4.78, 5) is 14.0. The Morgan fingerprint density at radius 1 is 1.15 bits per heavy atom. The van der Waals surface area contributed by atoms with E-state index in [2.05, 4.69) is 6.07 Å². The van der Waals surface area contributed by atoms with Gasteiger partial charge in [-0.1, -0.05) is 12.1 Å². The number of nitrogens with zero attached hydrogens (tertiary/aromatic N) is 2. The lowest BCUT2D eigenvalue weighted by Crippen LogP contribution is -2.37. The minimum Gasteiger partial charge on any atom is -0.383 e. The Balaban J connectivity index is 2.61. The van der Waals surface area contributed by atoms with Gasteiger partial charge >= 0.3 is 0 Å². The van der Waals surface area contributed by atoms with Crippen LogP contribution in [0.2, 0.25) is 0 Å². The van der Waals surface area contributed by atoms with Crippen molar-refractivity contribution in [1.29, 1.82) is 5.26 Å². The molecular formula is C15H20N2O3. The van der Waals surface area contributed by atoms with Gasteiger partial charge in [0.2, 0.25) is 5.91 Å². The van der Waals surface area contributed by atoms with Crippen molar-refractivity contribution >= 4 is 5.91 Å². The van der Waals surface area contributed by atoms with Gasteiger partial charge in [0.15, 0.2) is 0 Å². The zero-order chi connectivity index (χ0) is 14.8. The maximum atomic E-state index is 12.2. The van der Waals surface area contributed by atoms with Gasteiger partial charge in [0, 0.05) is 27.3 Å². The monoisotopic (exact) mass is 276 g/mol. The van der Waals surface area contributed by atoms with Crippen molar-refractivity contribution < 1.29 is 14.3 Å². The minimum atomic E-state index is 0.0313. The summed E-state index contributed by atoms with van der Waals surface area (Å²) >= 11 is 0. The summed E-state index contributed by atoms with van der Waals surface area (Å²) in [6.45, 7) is 2.11. The van der Waals surface area contributed by atoms with Crippen molar-refractivity contribution in [3.05, 3.63) is 35.4 Å². The van der Waals surface area contributed by atoms with E-state index in [1.807, 2.05) is 0 Å². The predicted molar refractivity (Wildman–Crippen MR) is 75.2 cm³/mol. The number of ether oxygens (including phenoxy) is 2. The second-order valence-corrected chi connectivity index (χ2v) is 4.35. The summed E-state index contributed by atoms with van der Waals surface area (Å²) in [6.07, 6.45) is 0.319. The molecule has 5 nitrogen and oxygen atoms in total. The normalized spacial score (nSPS) is 10.1. The van der Waals surface area contributed by atoms with E-state index in [-0.39, 0.29) is 5.91 Å². The summed E-state index contributed by atoms with van der Waals surface area (Å²) in [5.74, 6) is 0.0313. The van der Waals surface area contributed by atoms with Crippen molar-refractivity contribution in [2.75, 3.05) is 40.5 Å². The fraction of sp³-hybridized carbons (Fsp3) is 0.467. The summed E-state index contributed by atoms with van der Waals surface area (Å²) in [5, 5.41) is 8.74. The molecule has 0 saturated heterocycles. The Morgan fingerprint density at radius 2 is 1.70 bits per heavy atom. The van der Waals surface area contributed by atoms with Crippen LogP contribution in [0.25, 0.3) is 0 Å². The number of nitriles is 1. The highest BCUT2D eigenvalue weighted by molar-refractivity contribution is 5.78. The van der Waals surface area contributed by atoms with Crippen LogP contribution in [-0.4, -0.2) is 51.3 Å². The van der Waals surface area contributed by atoms with Crippen molar-refractivity contribution in [1.82, 2.24) is 4.90 Å². The van der Waals surface area contributed by atoms with Crippen LogP contribution < -0.4 is 0 Å². The van der Waals surface area contributed by atoms with E-state index in [4.69, 9.17) is 14.7 Å². The van der Waals surface area contributed by atoms with Gasteiger partial charge in [-0.3, -0.25) is 4.79 Å². The topological polar surface area (TPSA) is 62.6 Å². The van der Waals surface area contributed by atoms with Crippen LogP contribution >= 0.6 is 0 Å². The van der Waals surface area contributed by atoms with Crippen LogP contribution in [0.15, 0.2) is 24.3 Å². The smallest absolute Gasteiger partial charge is 0.227 e. The van der Waals surface area contributed by atoms with E-state index in [1.54, 1.807) is 43.4 Å². The highest BCUT2D eigenvalue weighted by Crippen LogP contribution is 2.06. The third-order valence-corrected chi connectivity index (χ3v) is 2.92. The molecule has 0 unspecified atom stereocenters. The Morgan fingerprint density at radius 3 is 2.15 bits per heavy atom. The second-order valence-electron chi connectivity index (χ2n) is 4.35. The molecule has 1 aromatic rings. The molecule has 5 heteroatoms. The van der Waals surface area contributed by atoms with Crippen LogP contribution in [-0.2, 0) is 20.7 Å².